The lowest BCUT2D eigenvalue weighted by molar-refractivity contribution is 0.0955. The van der Waals surface area contributed by atoms with Crippen molar-refractivity contribution in [1.29, 1.82) is 0 Å². The van der Waals surface area contributed by atoms with Gasteiger partial charge in [-0.1, -0.05) is 6.92 Å². The van der Waals surface area contributed by atoms with Gasteiger partial charge < -0.3 is 14.4 Å². The number of carbonyl (C=O) groups is 1. The number of hydrogen-bond acceptors (Lipinski definition) is 5. The maximum Gasteiger partial charge on any atom is 0.271 e. The molecule has 1 fully saturated rings. The van der Waals surface area contributed by atoms with E-state index in [1.54, 1.807) is 13.3 Å². The molecule has 2 aromatic carbocycles. The molecule has 0 aliphatic carbocycles. The van der Waals surface area contributed by atoms with Gasteiger partial charge in [0.05, 0.1) is 23.9 Å². The third kappa shape index (κ3) is 5.53. The number of carbonyl (C=O) groups excluding carboxylic acids is 1. The number of rotatable bonds is 8. The molecule has 0 aromatic heterocycles. The normalized spacial score (nSPS) is 14.7. The number of halogens is 1. The SMILES string of the molecule is CC[C@H](C)Oc1c(Br)cc(/C=N\NC(=O)c2ccc(N3CCCC3)cc2)cc1OC. The zero-order valence-electron chi connectivity index (χ0n) is 17.7. The number of hydrogen-bond donors (Lipinski definition) is 1. The fourth-order valence-electron chi connectivity index (χ4n) is 3.24. The van der Waals surface area contributed by atoms with Crippen LogP contribution in [0.25, 0.3) is 0 Å². The molecule has 0 spiro atoms. The summed E-state index contributed by atoms with van der Waals surface area (Å²) in [7, 11) is 1.60. The van der Waals surface area contributed by atoms with Crippen LogP contribution in [0, 0.1) is 0 Å². The van der Waals surface area contributed by atoms with Crippen molar-refractivity contribution in [3.63, 3.8) is 0 Å². The van der Waals surface area contributed by atoms with Crippen LogP contribution in [0.2, 0.25) is 0 Å². The molecule has 2 aromatic rings. The fourth-order valence-corrected chi connectivity index (χ4v) is 3.80. The van der Waals surface area contributed by atoms with Gasteiger partial charge in [0.2, 0.25) is 0 Å². The van der Waals surface area contributed by atoms with Crippen LogP contribution in [-0.2, 0) is 0 Å². The van der Waals surface area contributed by atoms with Crippen molar-refractivity contribution < 1.29 is 14.3 Å². The first-order valence-corrected chi connectivity index (χ1v) is 11.0. The quantitative estimate of drug-likeness (QED) is 0.432. The maximum absolute atomic E-state index is 12.4. The second-order valence-corrected chi connectivity index (χ2v) is 8.17. The van der Waals surface area contributed by atoms with Crippen LogP contribution in [0.1, 0.15) is 49.0 Å². The molecule has 160 valence electrons. The van der Waals surface area contributed by atoms with Crippen molar-refractivity contribution in [3.05, 3.63) is 52.0 Å². The van der Waals surface area contributed by atoms with Gasteiger partial charge in [-0.3, -0.25) is 4.79 Å². The summed E-state index contributed by atoms with van der Waals surface area (Å²) in [6.07, 6.45) is 5.00. The van der Waals surface area contributed by atoms with E-state index in [1.807, 2.05) is 43.3 Å². The van der Waals surface area contributed by atoms with Crippen LogP contribution in [-0.4, -0.2) is 38.4 Å². The number of benzene rings is 2. The van der Waals surface area contributed by atoms with Crippen molar-refractivity contribution in [2.75, 3.05) is 25.1 Å². The molecule has 0 radical (unpaired) electrons. The molecule has 0 saturated carbocycles. The van der Waals surface area contributed by atoms with Crippen molar-refractivity contribution in [2.45, 2.75) is 39.2 Å². The Morgan fingerprint density at radius 1 is 1.27 bits per heavy atom. The third-order valence-electron chi connectivity index (χ3n) is 5.13. The second kappa shape index (κ2) is 10.5. The molecule has 3 rings (SSSR count). The van der Waals surface area contributed by atoms with Crippen molar-refractivity contribution in [3.8, 4) is 11.5 Å². The average Bonchev–Trinajstić information content (AvgIpc) is 3.30. The molecule has 30 heavy (non-hydrogen) atoms. The second-order valence-electron chi connectivity index (χ2n) is 7.31. The molecular formula is C23H28BrN3O3. The first-order chi connectivity index (χ1) is 14.5. The lowest BCUT2D eigenvalue weighted by atomic mass is 10.2. The molecule has 1 atom stereocenters. The Labute approximate surface area is 186 Å². The summed E-state index contributed by atoms with van der Waals surface area (Å²) in [5, 5.41) is 4.09. The van der Waals surface area contributed by atoms with Gasteiger partial charge in [-0.05, 0) is 84.1 Å². The summed E-state index contributed by atoms with van der Waals surface area (Å²) in [4.78, 5) is 14.7. The van der Waals surface area contributed by atoms with Crippen molar-refractivity contribution in [1.82, 2.24) is 5.43 Å². The summed E-state index contributed by atoms with van der Waals surface area (Å²) in [6.45, 7) is 6.23. The van der Waals surface area contributed by atoms with Crippen LogP contribution in [0.4, 0.5) is 5.69 Å². The van der Waals surface area contributed by atoms with E-state index in [-0.39, 0.29) is 12.0 Å². The number of hydrazone groups is 1. The van der Waals surface area contributed by atoms with Gasteiger partial charge >= 0.3 is 0 Å². The number of methoxy groups -OCH3 is 1. The fraction of sp³-hybridized carbons (Fsp3) is 0.391. The summed E-state index contributed by atoms with van der Waals surface area (Å²) in [5.41, 5.74) is 5.09. The minimum atomic E-state index is -0.248. The minimum Gasteiger partial charge on any atom is -0.493 e. The van der Waals surface area contributed by atoms with Gasteiger partial charge in [-0.25, -0.2) is 5.43 Å². The molecule has 7 heteroatoms. The first kappa shape index (κ1) is 22.2. The Balaban J connectivity index is 1.64. The van der Waals surface area contributed by atoms with Crippen molar-refractivity contribution in [2.24, 2.45) is 5.10 Å². The topological polar surface area (TPSA) is 63.2 Å². The Morgan fingerprint density at radius 2 is 1.97 bits per heavy atom. The van der Waals surface area contributed by atoms with Crippen LogP contribution in [0.5, 0.6) is 11.5 Å². The molecule has 6 nitrogen and oxygen atoms in total. The number of nitrogens with one attached hydrogen (secondary N) is 1. The monoisotopic (exact) mass is 473 g/mol. The van der Waals surface area contributed by atoms with E-state index in [2.05, 4.69) is 38.3 Å². The molecule has 1 aliphatic rings. The Hall–Kier alpha value is -2.54. The van der Waals surface area contributed by atoms with E-state index in [0.717, 1.165) is 35.2 Å². The smallest absolute Gasteiger partial charge is 0.271 e. The standard InChI is InChI=1S/C23H28BrN3O3/c1-4-16(2)30-22-20(24)13-17(14-21(22)29-3)15-25-26-23(28)18-7-9-19(10-8-18)27-11-5-6-12-27/h7-10,13-16H,4-6,11-12H2,1-3H3,(H,26,28)/b25-15-/t16-/m0/s1. The molecule has 0 unspecified atom stereocenters. The van der Waals surface area contributed by atoms with E-state index in [0.29, 0.717) is 17.1 Å². The highest BCUT2D eigenvalue weighted by Crippen LogP contribution is 2.37. The van der Waals surface area contributed by atoms with Crippen molar-refractivity contribution >= 4 is 33.7 Å². The molecule has 1 saturated heterocycles. The Morgan fingerprint density at radius 3 is 2.60 bits per heavy atom. The molecule has 1 heterocycles. The van der Waals surface area contributed by atoms with E-state index in [4.69, 9.17) is 9.47 Å². The highest BCUT2D eigenvalue weighted by Gasteiger charge is 2.14. The summed E-state index contributed by atoms with van der Waals surface area (Å²) >= 11 is 3.53. The predicted octanol–water partition coefficient (Wildman–Crippen LogP) is 5.00. The van der Waals surface area contributed by atoms with E-state index >= 15 is 0 Å². The number of amides is 1. The largest absolute Gasteiger partial charge is 0.493 e. The lowest BCUT2D eigenvalue weighted by Gasteiger charge is -2.17. The van der Waals surface area contributed by atoms with Gasteiger partial charge in [0.15, 0.2) is 11.5 Å². The molecule has 0 bridgehead atoms. The number of anilines is 1. The Bertz CT molecular complexity index is 893. The van der Waals surface area contributed by atoms with Gasteiger partial charge in [-0.15, -0.1) is 0 Å². The Kier molecular flexibility index (Phi) is 7.74. The zero-order chi connectivity index (χ0) is 21.5. The number of nitrogens with zero attached hydrogens (tertiary/aromatic N) is 2. The van der Waals surface area contributed by atoms with Gasteiger partial charge in [0, 0.05) is 24.3 Å². The van der Waals surface area contributed by atoms with Crippen LogP contribution in [0.15, 0.2) is 46.0 Å². The molecule has 1 N–H and O–H groups in total. The average molecular weight is 474 g/mol. The molecule has 1 aliphatic heterocycles. The highest BCUT2D eigenvalue weighted by atomic mass is 79.9. The summed E-state index contributed by atoms with van der Waals surface area (Å²) in [5.74, 6) is 1.02. The van der Waals surface area contributed by atoms with E-state index in [9.17, 15) is 4.79 Å². The number of ether oxygens (including phenoxy) is 2. The zero-order valence-corrected chi connectivity index (χ0v) is 19.2. The van der Waals surface area contributed by atoms with Gasteiger partial charge in [-0.2, -0.15) is 5.10 Å². The first-order valence-electron chi connectivity index (χ1n) is 10.2. The third-order valence-corrected chi connectivity index (χ3v) is 5.72. The van der Waals surface area contributed by atoms with Gasteiger partial charge in [0.1, 0.15) is 0 Å². The van der Waals surface area contributed by atoms with Gasteiger partial charge in [0.25, 0.3) is 5.91 Å². The maximum atomic E-state index is 12.4. The summed E-state index contributed by atoms with van der Waals surface area (Å²) < 4.78 is 12.2. The lowest BCUT2D eigenvalue weighted by Crippen LogP contribution is -2.19. The van der Waals surface area contributed by atoms with E-state index < -0.39 is 0 Å². The molecule has 1 amide bonds. The van der Waals surface area contributed by atoms with Crippen LogP contribution >= 0.6 is 15.9 Å². The van der Waals surface area contributed by atoms with Crippen LogP contribution < -0.4 is 19.8 Å². The molecular weight excluding hydrogens is 446 g/mol. The highest BCUT2D eigenvalue weighted by molar-refractivity contribution is 9.10. The van der Waals surface area contributed by atoms with E-state index in [1.165, 1.54) is 12.8 Å². The van der Waals surface area contributed by atoms with Crippen LogP contribution in [0.3, 0.4) is 0 Å². The summed E-state index contributed by atoms with van der Waals surface area (Å²) in [6, 6.07) is 11.3. The predicted molar refractivity (Wildman–Crippen MR) is 124 cm³/mol. The minimum absolute atomic E-state index is 0.0749.